The van der Waals surface area contributed by atoms with E-state index in [1.165, 1.54) is 25.7 Å². The molecule has 1 aromatic carbocycles. The molecule has 0 aliphatic rings. The van der Waals surface area contributed by atoms with E-state index in [0.717, 1.165) is 22.4 Å². The van der Waals surface area contributed by atoms with Crippen LogP contribution in [0.5, 0.6) is 11.6 Å². The number of pyridine rings is 1. The van der Waals surface area contributed by atoms with E-state index in [1.54, 1.807) is 18.3 Å². The van der Waals surface area contributed by atoms with E-state index in [0.29, 0.717) is 17.4 Å². The summed E-state index contributed by atoms with van der Waals surface area (Å²) in [5.41, 5.74) is 3.35. The fourth-order valence-electron chi connectivity index (χ4n) is 2.46. The second-order valence-corrected chi connectivity index (χ2v) is 6.05. The second-order valence-electron chi connectivity index (χ2n) is 6.05. The van der Waals surface area contributed by atoms with Crippen LogP contribution in [0.2, 0.25) is 0 Å². The van der Waals surface area contributed by atoms with Gasteiger partial charge in [-0.25, -0.2) is 9.37 Å². The average molecular weight is 403 g/mol. The number of ether oxygens (including phenoxy) is 2. The highest BCUT2D eigenvalue weighted by molar-refractivity contribution is 5.68. The van der Waals surface area contributed by atoms with Crippen molar-refractivity contribution in [3.05, 3.63) is 59.4 Å². The van der Waals surface area contributed by atoms with E-state index in [1.807, 2.05) is 33.8 Å². The van der Waals surface area contributed by atoms with Gasteiger partial charge in [-0.05, 0) is 37.6 Å². The Labute approximate surface area is 172 Å². The second kappa shape index (κ2) is 12.5. The fourth-order valence-corrected chi connectivity index (χ4v) is 2.46. The Morgan fingerprint density at radius 2 is 1.69 bits per heavy atom. The Bertz CT molecular complexity index is 842. The number of hydrogen-bond donors (Lipinski definition) is 0. The molecule has 0 aliphatic heterocycles. The van der Waals surface area contributed by atoms with E-state index in [2.05, 4.69) is 24.0 Å². The molecule has 158 valence electrons. The third-order valence-electron chi connectivity index (χ3n) is 3.64. The molecule has 0 radical (unpaired) electrons. The van der Waals surface area contributed by atoms with Gasteiger partial charge in [-0.15, -0.1) is 0 Å². The standard InChI is InChI=1S/C18H17FN2O3.C3H8.C2H6/c1-11-17(12(2)24-21-11)14-8-16(18(22-3)20-9-14)23-10-13-4-6-15(19)7-5-13;1-3-2;1-2/h4-9H,10H2,1-3H3;3H2,1-2H3;1-2H3. The highest BCUT2D eigenvalue weighted by Gasteiger charge is 2.15. The van der Waals surface area contributed by atoms with Gasteiger partial charge < -0.3 is 14.0 Å². The van der Waals surface area contributed by atoms with Gasteiger partial charge in [0.05, 0.1) is 12.8 Å². The van der Waals surface area contributed by atoms with E-state index >= 15 is 0 Å². The lowest BCUT2D eigenvalue weighted by atomic mass is 10.1. The van der Waals surface area contributed by atoms with Gasteiger partial charge in [-0.2, -0.15) is 0 Å². The zero-order chi connectivity index (χ0) is 21.8. The Morgan fingerprint density at radius 3 is 2.21 bits per heavy atom. The number of benzene rings is 1. The minimum Gasteiger partial charge on any atom is -0.483 e. The molecule has 3 rings (SSSR count). The predicted molar refractivity (Wildman–Crippen MR) is 114 cm³/mol. The molecule has 0 saturated carbocycles. The molecule has 0 unspecified atom stereocenters. The third-order valence-corrected chi connectivity index (χ3v) is 3.64. The van der Waals surface area contributed by atoms with Crippen molar-refractivity contribution < 1.29 is 18.4 Å². The van der Waals surface area contributed by atoms with Crippen LogP contribution in [0, 0.1) is 19.7 Å². The normalized spacial score (nSPS) is 9.66. The van der Waals surface area contributed by atoms with E-state index in [-0.39, 0.29) is 12.4 Å². The molecule has 0 bridgehead atoms. The van der Waals surface area contributed by atoms with E-state index in [4.69, 9.17) is 14.0 Å². The molecule has 0 atom stereocenters. The van der Waals surface area contributed by atoms with E-state index < -0.39 is 0 Å². The maximum absolute atomic E-state index is 13.0. The Kier molecular flexibility index (Phi) is 10.4. The summed E-state index contributed by atoms with van der Waals surface area (Å²) in [5, 5.41) is 3.96. The topological polar surface area (TPSA) is 57.4 Å². The largest absolute Gasteiger partial charge is 0.483 e. The molecule has 0 N–H and O–H groups in total. The van der Waals surface area contributed by atoms with Crippen LogP contribution in [0.1, 0.15) is 51.1 Å². The maximum atomic E-state index is 13.0. The van der Waals surface area contributed by atoms with Crippen LogP contribution in [-0.4, -0.2) is 17.3 Å². The number of aromatic nitrogens is 2. The summed E-state index contributed by atoms with van der Waals surface area (Å²) in [7, 11) is 1.53. The SMILES string of the molecule is CC.CCC.COc1ncc(-c2c(C)noc2C)cc1OCc1ccc(F)cc1. The van der Waals surface area contributed by atoms with Crippen molar-refractivity contribution in [1.29, 1.82) is 0 Å². The molecular formula is C23H31FN2O3. The lowest BCUT2D eigenvalue weighted by Gasteiger charge is -2.11. The quantitative estimate of drug-likeness (QED) is 0.486. The van der Waals surface area contributed by atoms with Gasteiger partial charge in [0, 0.05) is 17.3 Å². The Morgan fingerprint density at radius 1 is 1.07 bits per heavy atom. The summed E-state index contributed by atoms with van der Waals surface area (Å²) in [6.45, 7) is 12.2. The van der Waals surface area contributed by atoms with Crippen LogP contribution >= 0.6 is 0 Å². The Hall–Kier alpha value is -2.89. The van der Waals surface area contributed by atoms with Gasteiger partial charge in [-0.1, -0.05) is 51.4 Å². The summed E-state index contributed by atoms with van der Waals surface area (Å²) < 4.78 is 29.2. The van der Waals surface area contributed by atoms with Crippen molar-refractivity contribution in [3.63, 3.8) is 0 Å². The summed E-state index contributed by atoms with van der Waals surface area (Å²) >= 11 is 0. The molecule has 0 saturated heterocycles. The maximum Gasteiger partial charge on any atom is 0.256 e. The van der Waals surface area contributed by atoms with Crippen LogP contribution in [0.25, 0.3) is 11.1 Å². The number of hydrogen-bond acceptors (Lipinski definition) is 5. The summed E-state index contributed by atoms with van der Waals surface area (Å²) in [6.07, 6.45) is 2.94. The number of aryl methyl sites for hydroxylation is 2. The van der Waals surface area contributed by atoms with Crippen molar-refractivity contribution in [3.8, 4) is 22.8 Å². The first kappa shape index (κ1) is 24.1. The highest BCUT2D eigenvalue weighted by Crippen LogP contribution is 2.33. The molecule has 3 aromatic rings. The molecule has 2 heterocycles. The molecule has 0 aliphatic carbocycles. The first-order valence-corrected chi connectivity index (χ1v) is 9.84. The van der Waals surface area contributed by atoms with E-state index in [9.17, 15) is 4.39 Å². The predicted octanol–water partition coefficient (Wildman–Crippen LogP) is 6.52. The molecule has 29 heavy (non-hydrogen) atoms. The molecular weight excluding hydrogens is 371 g/mol. The number of rotatable bonds is 5. The fraction of sp³-hybridized carbons (Fsp3) is 0.391. The summed E-state index contributed by atoms with van der Waals surface area (Å²) in [4.78, 5) is 4.29. The van der Waals surface area contributed by atoms with Crippen LogP contribution in [-0.2, 0) is 6.61 Å². The first-order chi connectivity index (χ1) is 14.0. The van der Waals surface area contributed by atoms with Crippen LogP contribution in [0.3, 0.4) is 0 Å². The number of methoxy groups -OCH3 is 1. The smallest absolute Gasteiger partial charge is 0.256 e. The van der Waals surface area contributed by atoms with Crippen LogP contribution in [0.15, 0.2) is 41.1 Å². The van der Waals surface area contributed by atoms with Gasteiger partial charge in [-0.3, -0.25) is 0 Å². The lowest BCUT2D eigenvalue weighted by molar-refractivity contribution is 0.279. The Balaban J connectivity index is 0.000000771. The monoisotopic (exact) mass is 402 g/mol. The first-order valence-electron chi connectivity index (χ1n) is 9.84. The van der Waals surface area contributed by atoms with Crippen molar-refractivity contribution in [2.24, 2.45) is 0 Å². The van der Waals surface area contributed by atoms with Crippen LogP contribution in [0.4, 0.5) is 4.39 Å². The van der Waals surface area contributed by atoms with Crippen molar-refractivity contribution >= 4 is 0 Å². The third kappa shape index (κ3) is 6.89. The van der Waals surface area contributed by atoms with Crippen LogP contribution < -0.4 is 9.47 Å². The van der Waals surface area contributed by atoms with Gasteiger partial charge in [0.2, 0.25) is 0 Å². The average Bonchev–Trinajstić information content (AvgIpc) is 3.07. The number of halogens is 1. The van der Waals surface area contributed by atoms with Gasteiger partial charge in [0.25, 0.3) is 5.88 Å². The summed E-state index contributed by atoms with van der Waals surface area (Å²) in [5.74, 6) is 1.31. The van der Waals surface area contributed by atoms with Gasteiger partial charge >= 0.3 is 0 Å². The highest BCUT2D eigenvalue weighted by atomic mass is 19.1. The molecule has 5 nitrogen and oxygen atoms in total. The van der Waals surface area contributed by atoms with Crippen molar-refractivity contribution in [2.45, 2.75) is 54.6 Å². The molecule has 2 aromatic heterocycles. The molecule has 6 heteroatoms. The molecule has 0 fully saturated rings. The minimum absolute atomic E-state index is 0.279. The van der Waals surface area contributed by atoms with Crippen molar-refractivity contribution in [2.75, 3.05) is 7.11 Å². The summed E-state index contributed by atoms with van der Waals surface area (Å²) in [6, 6.07) is 7.98. The zero-order valence-corrected chi connectivity index (χ0v) is 18.4. The molecule has 0 amide bonds. The minimum atomic E-state index is -0.279. The zero-order valence-electron chi connectivity index (χ0n) is 18.4. The van der Waals surface area contributed by atoms with Gasteiger partial charge in [0.1, 0.15) is 18.2 Å². The van der Waals surface area contributed by atoms with Gasteiger partial charge in [0.15, 0.2) is 5.75 Å². The number of nitrogens with zero attached hydrogens (tertiary/aromatic N) is 2. The molecule has 0 spiro atoms. The lowest BCUT2D eigenvalue weighted by Crippen LogP contribution is -2.00. The van der Waals surface area contributed by atoms with Crippen molar-refractivity contribution in [1.82, 2.24) is 10.1 Å².